The summed E-state index contributed by atoms with van der Waals surface area (Å²) in [5, 5.41) is 2.64. The average molecular weight is 419 g/mol. The third-order valence-electron chi connectivity index (χ3n) is 4.28. The number of nitrogens with one attached hydrogen (secondary N) is 1. The van der Waals surface area contributed by atoms with Gasteiger partial charge in [-0.3, -0.25) is 9.59 Å². The first-order valence-electron chi connectivity index (χ1n) is 9.44. The second-order valence-corrected chi connectivity index (χ2v) is 6.55. The minimum atomic E-state index is -0.596. The predicted molar refractivity (Wildman–Crippen MR) is 115 cm³/mol. The van der Waals surface area contributed by atoms with Crippen LogP contribution in [0.3, 0.4) is 0 Å². The lowest BCUT2D eigenvalue weighted by Gasteiger charge is -2.08. The molecule has 31 heavy (non-hydrogen) atoms. The maximum absolute atomic E-state index is 12.2. The zero-order valence-corrected chi connectivity index (χ0v) is 17.1. The fraction of sp³-hybridized carbons (Fsp3) is 0.125. The number of methoxy groups -OCH3 is 1. The smallest absolute Gasteiger partial charge is 0.338 e. The molecule has 0 heterocycles. The number of hydrogen-bond acceptors (Lipinski definition) is 6. The van der Waals surface area contributed by atoms with Crippen molar-refractivity contribution in [2.24, 2.45) is 0 Å². The molecule has 1 amide bonds. The van der Waals surface area contributed by atoms with Crippen molar-refractivity contribution in [3.8, 4) is 22.6 Å². The summed E-state index contributed by atoms with van der Waals surface area (Å²) in [6.45, 7) is 0.943. The van der Waals surface area contributed by atoms with E-state index in [1.165, 1.54) is 6.92 Å². The van der Waals surface area contributed by atoms with Crippen molar-refractivity contribution in [1.29, 1.82) is 0 Å². The van der Waals surface area contributed by atoms with Gasteiger partial charge in [-0.1, -0.05) is 24.3 Å². The molecular formula is C24H21NO6. The number of hydrogen-bond donors (Lipinski definition) is 1. The number of benzene rings is 3. The third kappa shape index (κ3) is 6.17. The van der Waals surface area contributed by atoms with Crippen molar-refractivity contribution < 1.29 is 28.6 Å². The molecule has 0 aliphatic rings. The van der Waals surface area contributed by atoms with Crippen molar-refractivity contribution in [1.82, 2.24) is 0 Å². The van der Waals surface area contributed by atoms with Crippen molar-refractivity contribution in [2.45, 2.75) is 6.92 Å². The zero-order valence-electron chi connectivity index (χ0n) is 17.1. The summed E-state index contributed by atoms with van der Waals surface area (Å²) >= 11 is 0. The molecule has 0 atom stereocenters. The van der Waals surface area contributed by atoms with E-state index in [1.54, 1.807) is 67.8 Å². The molecule has 0 radical (unpaired) electrons. The molecular weight excluding hydrogens is 398 g/mol. The van der Waals surface area contributed by atoms with Crippen molar-refractivity contribution >= 4 is 23.5 Å². The minimum absolute atomic E-state index is 0.331. The fourth-order valence-corrected chi connectivity index (χ4v) is 2.77. The van der Waals surface area contributed by atoms with Crippen LogP contribution in [0.5, 0.6) is 11.5 Å². The first-order valence-corrected chi connectivity index (χ1v) is 9.44. The molecule has 3 aromatic rings. The summed E-state index contributed by atoms with van der Waals surface area (Å²) in [6, 6.07) is 20.6. The molecule has 0 aliphatic carbocycles. The van der Waals surface area contributed by atoms with E-state index in [1.807, 2.05) is 12.1 Å². The summed E-state index contributed by atoms with van der Waals surface area (Å²) in [7, 11) is 1.56. The highest BCUT2D eigenvalue weighted by molar-refractivity contribution is 5.95. The van der Waals surface area contributed by atoms with Gasteiger partial charge in [0.2, 0.25) is 0 Å². The zero-order chi connectivity index (χ0) is 22.2. The maximum Gasteiger partial charge on any atom is 0.338 e. The summed E-state index contributed by atoms with van der Waals surface area (Å²) in [6.07, 6.45) is 0. The number of anilines is 1. The van der Waals surface area contributed by atoms with E-state index >= 15 is 0 Å². The van der Waals surface area contributed by atoms with Crippen LogP contribution in [-0.4, -0.2) is 31.6 Å². The highest BCUT2D eigenvalue weighted by Crippen LogP contribution is 2.23. The number of rotatable bonds is 7. The molecule has 158 valence electrons. The van der Waals surface area contributed by atoms with Crippen LogP contribution < -0.4 is 14.8 Å². The molecule has 3 aromatic carbocycles. The first-order chi connectivity index (χ1) is 14.9. The molecule has 0 aromatic heterocycles. The lowest BCUT2D eigenvalue weighted by Crippen LogP contribution is -2.20. The molecule has 7 nitrogen and oxygen atoms in total. The van der Waals surface area contributed by atoms with Gasteiger partial charge in [-0.2, -0.15) is 0 Å². The molecule has 0 spiro atoms. The monoisotopic (exact) mass is 419 g/mol. The van der Waals surface area contributed by atoms with Crippen LogP contribution in [0.1, 0.15) is 17.3 Å². The lowest BCUT2D eigenvalue weighted by atomic mass is 10.0. The Kier molecular flexibility index (Phi) is 7.01. The minimum Gasteiger partial charge on any atom is -0.497 e. The molecule has 0 fully saturated rings. The maximum atomic E-state index is 12.2. The average Bonchev–Trinajstić information content (AvgIpc) is 2.78. The predicted octanol–water partition coefficient (Wildman–Crippen LogP) is 4.08. The Bertz CT molecular complexity index is 1060. The molecule has 0 aliphatic heterocycles. The largest absolute Gasteiger partial charge is 0.497 e. The molecule has 0 unspecified atom stereocenters. The highest BCUT2D eigenvalue weighted by Gasteiger charge is 2.11. The quantitative estimate of drug-likeness (QED) is 0.458. The van der Waals surface area contributed by atoms with E-state index in [0.717, 1.165) is 11.1 Å². The SMILES string of the molecule is COc1ccc(NC(=O)COC(=O)c2ccc(-c3ccc(OC(C)=O)cc3)cc2)cc1. The molecule has 1 N–H and O–H groups in total. The van der Waals surface area contributed by atoms with Crippen LogP contribution >= 0.6 is 0 Å². The van der Waals surface area contributed by atoms with E-state index in [-0.39, 0.29) is 5.97 Å². The summed E-state index contributed by atoms with van der Waals surface area (Å²) in [4.78, 5) is 35.2. The Hall–Kier alpha value is -4.13. The Morgan fingerprint density at radius 2 is 1.32 bits per heavy atom. The Morgan fingerprint density at radius 1 is 0.774 bits per heavy atom. The van der Waals surface area contributed by atoms with Gasteiger partial charge in [0.1, 0.15) is 11.5 Å². The van der Waals surface area contributed by atoms with E-state index in [9.17, 15) is 14.4 Å². The Morgan fingerprint density at radius 3 is 1.87 bits per heavy atom. The summed E-state index contributed by atoms with van der Waals surface area (Å²) in [5.41, 5.74) is 2.68. The standard InChI is InChI=1S/C24H21NO6/c1-16(26)31-22-11-7-18(8-12-22)17-3-5-19(6-4-17)24(28)30-15-23(27)25-20-9-13-21(29-2)14-10-20/h3-14H,15H2,1-2H3,(H,25,27). The number of carbonyl (C=O) groups excluding carboxylic acids is 3. The third-order valence-corrected chi connectivity index (χ3v) is 4.28. The van der Waals surface area contributed by atoms with E-state index in [0.29, 0.717) is 22.7 Å². The van der Waals surface area contributed by atoms with E-state index in [4.69, 9.17) is 14.2 Å². The normalized spacial score (nSPS) is 10.1. The van der Waals surface area contributed by atoms with Gasteiger partial charge in [0.05, 0.1) is 12.7 Å². The van der Waals surface area contributed by atoms with Crippen LogP contribution in [-0.2, 0) is 14.3 Å². The summed E-state index contributed by atoms with van der Waals surface area (Å²) < 4.78 is 15.2. The lowest BCUT2D eigenvalue weighted by molar-refractivity contribution is -0.131. The van der Waals surface area contributed by atoms with Gasteiger partial charge in [0.15, 0.2) is 6.61 Å². The van der Waals surface area contributed by atoms with Crippen molar-refractivity contribution in [3.05, 3.63) is 78.4 Å². The van der Waals surface area contributed by atoms with Crippen LogP contribution in [0.4, 0.5) is 5.69 Å². The first kappa shape index (κ1) is 21.6. The molecule has 7 heteroatoms. The van der Waals surface area contributed by atoms with Crippen LogP contribution in [0.2, 0.25) is 0 Å². The summed E-state index contributed by atoms with van der Waals surface area (Å²) in [5.74, 6) is -0.282. The van der Waals surface area contributed by atoms with Gasteiger partial charge in [-0.05, 0) is 59.7 Å². The number of ether oxygens (including phenoxy) is 3. The topological polar surface area (TPSA) is 90.9 Å². The Balaban J connectivity index is 1.53. The van der Waals surface area contributed by atoms with Crippen LogP contribution in [0.25, 0.3) is 11.1 Å². The second kappa shape index (κ2) is 10.1. The van der Waals surface area contributed by atoms with Crippen LogP contribution in [0.15, 0.2) is 72.8 Å². The van der Waals surface area contributed by atoms with Gasteiger partial charge >= 0.3 is 11.9 Å². The second-order valence-electron chi connectivity index (χ2n) is 6.55. The molecule has 0 bridgehead atoms. The van der Waals surface area contributed by atoms with Crippen molar-refractivity contribution in [2.75, 3.05) is 19.0 Å². The molecule has 3 rings (SSSR count). The van der Waals surface area contributed by atoms with E-state index in [2.05, 4.69) is 5.32 Å². The van der Waals surface area contributed by atoms with Crippen molar-refractivity contribution in [3.63, 3.8) is 0 Å². The Labute approximate surface area is 179 Å². The van der Waals surface area contributed by atoms with Gasteiger partial charge in [0, 0.05) is 12.6 Å². The number of esters is 2. The van der Waals surface area contributed by atoms with Gasteiger partial charge in [-0.25, -0.2) is 4.79 Å². The molecule has 0 saturated carbocycles. The number of carbonyl (C=O) groups is 3. The number of amides is 1. The van der Waals surface area contributed by atoms with Gasteiger partial charge in [-0.15, -0.1) is 0 Å². The fourth-order valence-electron chi connectivity index (χ4n) is 2.77. The van der Waals surface area contributed by atoms with Crippen LogP contribution in [0, 0.1) is 0 Å². The van der Waals surface area contributed by atoms with E-state index < -0.39 is 18.5 Å². The van der Waals surface area contributed by atoms with Gasteiger partial charge < -0.3 is 19.5 Å². The van der Waals surface area contributed by atoms with Gasteiger partial charge in [0.25, 0.3) is 5.91 Å². The molecule has 0 saturated heterocycles. The highest BCUT2D eigenvalue weighted by atomic mass is 16.5.